The first-order chi connectivity index (χ1) is 24.8. The van der Waals surface area contributed by atoms with E-state index in [1.807, 2.05) is 0 Å². The van der Waals surface area contributed by atoms with E-state index in [4.69, 9.17) is 4.98 Å². The fourth-order valence-corrected chi connectivity index (χ4v) is 7.72. The van der Waals surface area contributed by atoms with Gasteiger partial charge in [-0.25, -0.2) is 4.98 Å². The monoisotopic (exact) mass is 637 g/mol. The molecule has 3 heteroatoms. The number of nitrogens with zero attached hydrogens (tertiary/aromatic N) is 3. The number of para-hydroxylation sites is 3. The highest BCUT2D eigenvalue weighted by molar-refractivity contribution is 6.25. The molecule has 0 unspecified atom stereocenters. The minimum Gasteiger partial charge on any atom is -0.309 e. The summed E-state index contributed by atoms with van der Waals surface area (Å²) < 4.78 is 2.35. The number of anilines is 3. The molecule has 0 aliphatic carbocycles. The van der Waals surface area contributed by atoms with Gasteiger partial charge in [-0.05, 0) is 99.0 Å². The Kier molecular flexibility index (Phi) is 6.49. The first-order valence-corrected chi connectivity index (χ1v) is 17.1. The van der Waals surface area contributed by atoms with Gasteiger partial charge in [0.05, 0.1) is 16.7 Å². The second-order valence-corrected chi connectivity index (χ2v) is 12.8. The zero-order valence-corrected chi connectivity index (χ0v) is 27.2. The van der Waals surface area contributed by atoms with Crippen LogP contribution in [0, 0.1) is 0 Å². The lowest BCUT2D eigenvalue weighted by molar-refractivity contribution is 1.16. The molecule has 234 valence electrons. The molecule has 0 N–H and O–H groups in total. The van der Waals surface area contributed by atoms with Gasteiger partial charge < -0.3 is 4.57 Å². The van der Waals surface area contributed by atoms with Gasteiger partial charge >= 0.3 is 0 Å². The first kappa shape index (κ1) is 28.3. The van der Waals surface area contributed by atoms with E-state index in [1.165, 1.54) is 54.1 Å². The average Bonchev–Trinajstić information content (AvgIpc) is 3.53. The van der Waals surface area contributed by atoms with E-state index in [0.717, 1.165) is 34.1 Å². The van der Waals surface area contributed by atoms with Crippen molar-refractivity contribution in [2.75, 3.05) is 4.90 Å². The van der Waals surface area contributed by atoms with E-state index in [0.29, 0.717) is 0 Å². The first-order valence-electron chi connectivity index (χ1n) is 17.1. The number of benzene rings is 8. The molecule has 3 nitrogen and oxygen atoms in total. The zero-order chi connectivity index (χ0) is 33.0. The van der Waals surface area contributed by atoms with Gasteiger partial charge in [-0.15, -0.1) is 0 Å². The van der Waals surface area contributed by atoms with Gasteiger partial charge in [0.1, 0.15) is 5.82 Å². The van der Waals surface area contributed by atoms with Gasteiger partial charge in [-0.2, -0.15) is 0 Å². The summed E-state index contributed by atoms with van der Waals surface area (Å²) in [5, 5.41) is 10.1. The lowest BCUT2D eigenvalue weighted by Gasteiger charge is -2.25. The van der Waals surface area contributed by atoms with Crippen molar-refractivity contribution in [2.45, 2.75) is 0 Å². The van der Waals surface area contributed by atoms with Gasteiger partial charge in [0.2, 0.25) is 0 Å². The van der Waals surface area contributed by atoms with Gasteiger partial charge in [0.15, 0.2) is 0 Å². The molecule has 0 amide bonds. The van der Waals surface area contributed by atoms with Crippen molar-refractivity contribution in [3.63, 3.8) is 0 Å². The normalized spacial score (nSPS) is 11.6. The Hall–Kier alpha value is -6.71. The molecule has 0 saturated heterocycles. The third-order valence-corrected chi connectivity index (χ3v) is 9.96. The number of fused-ring (bicyclic) bond motifs is 9. The van der Waals surface area contributed by atoms with Gasteiger partial charge in [0.25, 0.3) is 0 Å². The van der Waals surface area contributed by atoms with E-state index in [1.54, 1.807) is 0 Å². The van der Waals surface area contributed by atoms with Crippen molar-refractivity contribution in [3.05, 3.63) is 188 Å². The van der Waals surface area contributed by atoms with E-state index in [9.17, 15) is 0 Å². The van der Waals surface area contributed by atoms with Gasteiger partial charge in [-0.3, -0.25) is 4.90 Å². The van der Waals surface area contributed by atoms with E-state index in [-0.39, 0.29) is 0 Å². The molecule has 2 aromatic heterocycles. The maximum absolute atomic E-state index is 5.32. The highest BCUT2D eigenvalue weighted by atomic mass is 15.2. The Balaban J connectivity index is 1.10. The number of aromatic nitrogens is 2. The zero-order valence-electron chi connectivity index (χ0n) is 27.2. The number of rotatable bonds is 5. The molecule has 0 spiro atoms. The molecule has 50 heavy (non-hydrogen) atoms. The van der Waals surface area contributed by atoms with Crippen LogP contribution in [0.5, 0.6) is 0 Å². The number of pyridine rings is 1. The van der Waals surface area contributed by atoms with Gasteiger partial charge in [-0.1, -0.05) is 121 Å². The van der Waals surface area contributed by atoms with Crippen molar-refractivity contribution >= 4 is 71.3 Å². The van der Waals surface area contributed by atoms with Crippen molar-refractivity contribution < 1.29 is 0 Å². The van der Waals surface area contributed by atoms with E-state index >= 15 is 0 Å². The fourth-order valence-electron chi connectivity index (χ4n) is 7.72. The Morgan fingerprint density at radius 2 is 0.860 bits per heavy atom. The van der Waals surface area contributed by atoms with Crippen molar-refractivity contribution in [1.82, 2.24) is 9.55 Å². The maximum atomic E-state index is 5.32. The van der Waals surface area contributed by atoms with Gasteiger partial charge in [0, 0.05) is 33.4 Å². The number of hydrogen-bond donors (Lipinski definition) is 0. The van der Waals surface area contributed by atoms with Crippen LogP contribution in [0.15, 0.2) is 188 Å². The van der Waals surface area contributed by atoms with Crippen LogP contribution >= 0.6 is 0 Å². The molecular weight excluding hydrogens is 607 g/mol. The summed E-state index contributed by atoms with van der Waals surface area (Å²) in [7, 11) is 0. The van der Waals surface area contributed by atoms with Crippen LogP contribution < -0.4 is 4.90 Å². The number of hydrogen-bond acceptors (Lipinski definition) is 2. The van der Waals surface area contributed by atoms with Crippen LogP contribution in [0.3, 0.4) is 0 Å². The standard InChI is InChI=1S/C47H31N3/c1-2-13-33(14-3-1)49(34-26-28-35(29-27-34)50-45-22-10-8-19-41(45)42-20-9-11-23-46(42)50)47-24-12-21-44(48-47)32-25-30-40-38-17-5-4-15-36(38)37-16-6-7-18-39(37)43(40)31-32/h1-31H. The third kappa shape index (κ3) is 4.48. The minimum absolute atomic E-state index is 0.863. The summed E-state index contributed by atoms with van der Waals surface area (Å²) in [6.07, 6.45) is 0. The molecule has 10 aromatic rings. The molecule has 10 rings (SSSR count). The Morgan fingerprint density at radius 1 is 0.360 bits per heavy atom. The predicted molar refractivity (Wildman–Crippen MR) is 211 cm³/mol. The van der Waals surface area contributed by atoms with Crippen molar-refractivity contribution in [3.8, 4) is 16.9 Å². The SMILES string of the molecule is c1ccc(N(c2ccc(-n3c4ccccc4c4ccccc43)cc2)c2cccc(-c3ccc4c5ccccc5c5ccccc5c4c3)n2)cc1. The van der Waals surface area contributed by atoms with Crippen LogP contribution in [0.1, 0.15) is 0 Å². The molecule has 0 bridgehead atoms. The fraction of sp³-hybridized carbons (Fsp3) is 0. The largest absolute Gasteiger partial charge is 0.309 e. The van der Waals surface area contributed by atoms with Crippen molar-refractivity contribution in [1.29, 1.82) is 0 Å². The highest BCUT2D eigenvalue weighted by Crippen LogP contribution is 2.39. The maximum Gasteiger partial charge on any atom is 0.138 e. The topological polar surface area (TPSA) is 21.1 Å². The average molecular weight is 638 g/mol. The lowest BCUT2D eigenvalue weighted by Crippen LogP contribution is -2.12. The molecule has 2 heterocycles. The minimum atomic E-state index is 0.863. The highest BCUT2D eigenvalue weighted by Gasteiger charge is 2.17. The molecule has 8 aromatic carbocycles. The van der Waals surface area contributed by atoms with E-state index < -0.39 is 0 Å². The lowest BCUT2D eigenvalue weighted by atomic mass is 9.93. The Labute approximate surface area is 289 Å². The summed E-state index contributed by atoms with van der Waals surface area (Å²) in [5.41, 5.74) is 7.65. The van der Waals surface area contributed by atoms with Crippen LogP contribution in [0.2, 0.25) is 0 Å². The quantitative estimate of drug-likeness (QED) is 0.175. The molecule has 0 aliphatic heterocycles. The summed E-state index contributed by atoms with van der Waals surface area (Å²) in [5.74, 6) is 0.863. The molecular formula is C47H31N3. The molecule has 0 atom stereocenters. The smallest absolute Gasteiger partial charge is 0.138 e. The Bertz CT molecular complexity index is 2780. The second kappa shape index (κ2) is 11.5. The Morgan fingerprint density at radius 3 is 1.48 bits per heavy atom. The molecule has 0 saturated carbocycles. The molecule has 0 fully saturated rings. The predicted octanol–water partition coefficient (Wildman–Crippen LogP) is 12.8. The summed E-state index contributed by atoms with van der Waals surface area (Å²) in [6.45, 7) is 0. The summed E-state index contributed by atoms with van der Waals surface area (Å²) >= 11 is 0. The third-order valence-electron chi connectivity index (χ3n) is 9.96. The molecule has 0 aliphatic rings. The second-order valence-electron chi connectivity index (χ2n) is 12.8. The summed E-state index contributed by atoms with van der Waals surface area (Å²) in [6, 6.07) is 67.1. The van der Waals surface area contributed by atoms with Crippen LogP contribution in [-0.2, 0) is 0 Å². The van der Waals surface area contributed by atoms with Crippen LogP contribution in [0.4, 0.5) is 17.2 Å². The van der Waals surface area contributed by atoms with Crippen molar-refractivity contribution in [2.24, 2.45) is 0 Å². The van der Waals surface area contributed by atoms with Crippen LogP contribution in [0.25, 0.3) is 71.1 Å². The molecule has 0 radical (unpaired) electrons. The van der Waals surface area contributed by atoms with E-state index in [2.05, 4.69) is 198 Å². The van der Waals surface area contributed by atoms with Crippen LogP contribution in [-0.4, -0.2) is 9.55 Å². The summed E-state index contributed by atoms with van der Waals surface area (Å²) in [4.78, 5) is 7.56.